The van der Waals surface area contributed by atoms with Crippen LogP contribution in [-0.2, 0) is 14.3 Å². The molecular weight excluding hydrogens is 400 g/mol. The van der Waals surface area contributed by atoms with Crippen molar-refractivity contribution in [3.8, 4) is 0 Å². The standard InChI is InChI=1S/C27H26N2O3/c1-17-10-9-11-18(2)23(17)29-22(19-12-5-4-6-13-19)16-27(26(31)32-3)24(29)20-14-7-8-15-21(20)28-25(27)30/h4-15,22,24H,16H2,1-3H3,(H,28,30)/t22-,24-,27+/m0/s1. The Kier molecular flexibility index (Phi) is 4.77. The Morgan fingerprint density at radius 1 is 0.969 bits per heavy atom. The normalized spacial score (nSPS) is 23.8. The molecule has 1 N–H and O–H groups in total. The quantitative estimate of drug-likeness (QED) is 0.467. The van der Waals surface area contributed by atoms with Crippen LogP contribution in [0.3, 0.4) is 0 Å². The summed E-state index contributed by atoms with van der Waals surface area (Å²) in [5.41, 5.74) is 4.66. The molecule has 1 amide bonds. The van der Waals surface area contributed by atoms with E-state index in [1.165, 1.54) is 7.11 Å². The topological polar surface area (TPSA) is 58.6 Å². The lowest BCUT2D eigenvalue weighted by Crippen LogP contribution is -2.51. The van der Waals surface area contributed by atoms with Gasteiger partial charge in [-0.1, -0.05) is 66.7 Å². The minimum Gasteiger partial charge on any atom is -0.468 e. The lowest BCUT2D eigenvalue weighted by Gasteiger charge is -2.42. The Hall–Kier alpha value is -3.60. The number of methoxy groups -OCH3 is 1. The van der Waals surface area contributed by atoms with E-state index < -0.39 is 17.4 Å². The van der Waals surface area contributed by atoms with Crippen molar-refractivity contribution < 1.29 is 14.3 Å². The van der Waals surface area contributed by atoms with Crippen LogP contribution in [0.4, 0.5) is 11.4 Å². The second-order valence-corrected chi connectivity index (χ2v) is 8.69. The zero-order chi connectivity index (χ0) is 22.5. The Balaban J connectivity index is 1.84. The Morgan fingerprint density at radius 3 is 2.31 bits per heavy atom. The van der Waals surface area contributed by atoms with Crippen molar-refractivity contribution in [1.82, 2.24) is 0 Å². The van der Waals surface area contributed by atoms with E-state index in [1.54, 1.807) is 0 Å². The maximum Gasteiger partial charge on any atom is 0.324 e. The molecule has 3 aromatic rings. The van der Waals surface area contributed by atoms with Crippen LogP contribution in [-0.4, -0.2) is 19.0 Å². The molecule has 1 saturated heterocycles. The van der Waals surface area contributed by atoms with Gasteiger partial charge in [0.25, 0.3) is 0 Å². The molecule has 5 rings (SSSR count). The van der Waals surface area contributed by atoms with Gasteiger partial charge in [-0.25, -0.2) is 0 Å². The third-order valence-electron chi connectivity index (χ3n) is 6.94. The Labute approximate surface area is 188 Å². The maximum atomic E-state index is 13.6. The van der Waals surface area contributed by atoms with Crippen molar-refractivity contribution in [1.29, 1.82) is 0 Å². The second kappa shape index (κ2) is 7.52. The molecule has 5 heteroatoms. The summed E-state index contributed by atoms with van der Waals surface area (Å²) in [6, 6.07) is 23.4. The summed E-state index contributed by atoms with van der Waals surface area (Å²) >= 11 is 0. The first-order chi connectivity index (χ1) is 15.5. The van der Waals surface area contributed by atoms with Crippen molar-refractivity contribution in [2.45, 2.75) is 32.4 Å². The second-order valence-electron chi connectivity index (χ2n) is 8.69. The fraction of sp³-hybridized carbons (Fsp3) is 0.259. The number of para-hydroxylation sites is 2. The molecule has 162 valence electrons. The molecule has 0 unspecified atom stereocenters. The van der Waals surface area contributed by atoms with E-state index >= 15 is 0 Å². The third kappa shape index (κ3) is 2.77. The summed E-state index contributed by atoms with van der Waals surface area (Å²) in [5, 5.41) is 2.99. The molecule has 32 heavy (non-hydrogen) atoms. The number of hydrogen-bond donors (Lipinski definition) is 1. The molecule has 0 aromatic heterocycles. The number of hydrogen-bond acceptors (Lipinski definition) is 4. The number of nitrogens with zero attached hydrogens (tertiary/aromatic N) is 1. The first-order valence-electron chi connectivity index (χ1n) is 10.9. The zero-order valence-electron chi connectivity index (χ0n) is 18.5. The lowest BCUT2D eigenvalue weighted by atomic mass is 9.72. The number of benzene rings is 3. The first kappa shape index (κ1) is 20.3. The molecule has 5 nitrogen and oxygen atoms in total. The summed E-state index contributed by atoms with van der Waals surface area (Å²) in [5.74, 6) is -0.799. The summed E-state index contributed by atoms with van der Waals surface area (Å²) in [6.45, 7) is 4.16. The van der Waals surface area contributed by atoms with Gasteiger partial charge in [-0.2, -0.15) is 0 Å². The van der Waals surface area contributed by atoms with E-state index in [0.29, 0.717) is 6.42 Å². The van der Waals surface area contributed by atoms with E-state index in [2.05, 4.69) is 48.3 Å². The molecule has 2 aliphatic rings. The molecule has 3 aromatic carbocycles. The number of anilines is 2. The predicted octanol–water partition coefficient (Wildman–Crippen LogP) is 5.11. The number of nitrogens with one attached hydrogen (secondary N) is 1. The highest BCUT2D eigenvalue weighted by Gasteiger charge is 2.65. The van der Waals surface area contributed by atoms with Crippen molar-refractivity contribution in [2.75, 3.05) is 17.3 Å². The van der Waals surface area contributed by atoms with Crippen LogP contribution in [0.25, 0.3) is 0 Å². The number of rotatable bonds is 3. The largest absolute Gasteiger partial charge is 0.468 e. The van der Waals surface area contributed by atoms with Gasteiger partial charge in [0.1, 0.15) is 0 Å². The fourth-order valence-corrected chi connectivity index (χ4v) is 5.57. The van der Waals surface area contributed by atoms with Gasteiger partial charge in [-0.15, -0.1) is 0 Å². The molecule has 2 aliphatic heterocycles. The van der Waals surface area contributed by atoms with E-state index in [9.17, 15) is 9.59 Å². The molecule has 2 heterocycles. The molecule has 0 aliphatic carbocycles. The average molecular weight is 427 g/mol. The van der Waals surface area contributed by atoms with Crippen LogP contribution in [0.5, 0.6) is 0 Å². The third-order valence-corrected chi connectivity index (χ3v) is 6.94. The molecule has 0 radical (unpaired) electrons. The van der Waals surface area contributed by atoms with Crippen LogP contribution in [0.15, 0.2) is 72.8 Å². The smallest absolute Gasteiger partial charge is 0.324 e. The van der Waals surface area contributed by atoms with E-state index in [0.717, 1.165) is 33.6 Å². The molecule has 0 bridgehead atoms. The van der Waals surface area contributed by atoms with E-state index in [-0.39, 0.29) is 11.9 Å². The van der Waals surface area contributed by atoms with Crippen LogP contribution in [0.2, 0.25) is 0 Å². The highest BCUT2D eigenvalue weighted by Crippen LogP contribution is 2.61. The van der Waals surface area contributed by atoms with Gasteiger partial charge in [-0.3, -0.25) is 9.59 Å². The van der Waals surface area contributed by atoms with Gasteiger partial charge in [0.2, 0.25) is 5.91 Å². The Morgan fingerprint density at radius 2 is 1.62 bits per heavy atom. The van der Waals surface area contributed by atoms with E-state index in [1.807, 2.05) is 48.5 Å². The Bertz CT molecular complexity index is 1190. The number of aryl methyl sites for hydroxylation is 2. The van der Waals surface area contributed by atoms with Gasteiger partial charge in [0.15, 0.2) is 5.41 Å². The summed E-state index contributed by atoms with van der Waals surface area (Å²) < 4.78 is 5.28. The van der Waals surface area contributed by atoms with Crippen LogP contribution >= 0.6 is 0 Å². The van der Waals surface area contributed by atoms with Crippen LogP contribution in [0.1, 0.15) is 40.8 Å². The monoisotopic (exact) mass is 426 g/mol. The number of amides is 1. The lowest BCUT2D eigenvalue weighted by molar-refractivity contribution is -0.158. The zero-order valence-corrected chi connectivity index (χ0v) is 18.5. The maximum absolute atomic E-state index is 13.6. The number of esters is 1. The minimum absolute atomic E-state index is 0.169. The van der Waals surface area contributed by atoms with Crippen molar-refractivity contribution >= 4 is 23.3 Å². The van der Waals surface area contributed by atoms with Gasteiger partial charge in [-0.05, 0) is 48.6 Å². The molecule has 3 atom stereocenters. The first-order valence-corrected chi connectivity index (χ1v) is 10.9. The molecule has 0 spiro atoms. The van der Waals surface area contributed by atoms with Crippen molar-refractivity contribution in [3.63, 3.8) is 0 Å². The van der Waals surface area contributed by atoms with Gasteiger partial charge in [0, 0.05) is 11.4 Å². The number of ether oxygens (including phenoxy) is 1. The highest BCUT2D eigenvalue weighted by atomic mass is 16.5. The number of carbonyl (C=O) groups is 2. The highest BCUT2D eigenvalue weighted by molar-refractivity contribution is 6.13. The average Bonchev–Trinajstić information content (AvgIpc) is 3.17. The molecule has 0 saturated carbocycles. The number of carbonyl (C=O) groups excluding carboxylic acids is 2. The van der Waals surface area contributed by atoms with Gasteiger partial charge < -0.3 is 15.0 Å². The minimum atomic E-state index is -1.35. The molecular formula is C27H26N2O3. The van der Waals surface area contributed by atoms with Gasteiger partial charge in [0.05, 0.1) is 19.2 Å². The molecule has 1 fully saturated rings. The predicted molar refractivity (Wildman–Crippen MR) is 124 cm³/mol. The summed E-state index contributed by atoms with van der Waals surface area (Å²) in [6.07, 6.45) is 0.336. The summed E-state index contributed by atoms with van der Waals surface area (Å²) in [7, 11) is 1.36. The van der Waals surface area contributed by atoms with Crippen LogP contribution < -0.4 is 10.2 Å². The fourth-order valence-electron chi connectivity index (χ4n) is 5.57. The van der Waals surface area contributed by atoms with E-state index in [4.69, 9.17) is 4.74 Å². The van der Waals surface area contributed by atoms with Crippen molar-refractivity contribution in [3.05, 3.63) is 95.1 Å². The van der Waals surface area contributed by atoms with Crippen molar-refractivity contribution in [2.24, 2.45) is 5.41 Å². The SMILES string of the molecule is COC(=O)[C@]12C[C@@H](c3ccccc3)N(c3c(C)cccc3C)[C@H]1c1ccccc1NC2=O. The number of fused-ring (bicyclic) bond motifs is 3. The summed E-state index contributed by atoms with van der Waals surface area (Å²) in [4.78, 5) is 29.3. The van der Waals surface area contributed by atoms with Gasteiger partial charge >= 0.3 is 5.97 Å². The van der Waals surface area contributed by atoms with Crippen LogP contribution in [0, 0.1) is 19.3 Å².